The first-order valence-electron chi connectivity index (χ1n) is 8.95. The van der Waals surface area contributed by atoms with Crippen molar-refractivity contribution < 1.29 is 23.5 Å². The molecule has 0 fully saturated rings. The molecule has 1 aliphatic rings. The smallest absolute Gasteiger partial charge is 0.325 e. The number of carbonyl (C=O) groups is 2. The van der Waals surface area contributed by atoms with Gasteiger partial charge in [-0.15, -0.1) is 0 Å². The molecule has 4 aromatic rings. The third-order valence-corrected chi connectivity index (χ3v) is 4.55. The van der Waals surface area contributed by atoms with Gasteiger partial charge in [0.25, 0.3) is 5.56 Å². The van der Waals surface area contributed by atoms with Gasteiger partial charge >= 0.3 is 6.03 Å². The van der Waals surface area contributed by atoms with E-state index in [1.54, 1.807) is 36.4 Å². The molecule has 3 amide bonds. The van der Waals surface area contributed by atoms with E-state index < -0.39 is 24.0 Å². The van der Waals surface area contributed by atoms with E-state index in [9.17, 15) is 14.4 Å². The highest BCUT2D eigenvalue weighted by atomic mass is 16.7. The Bertz CT molecular complexity index is 1370. The van der Waals surface area contributed by atoms with Crippen LogP contribution in [0.15, 0.2) is 58.0 Å². The fourth-order valence-corrected chi connectivity index (χ4v) is 3.19. The summed E-state index contributed by atoms with van der Waals surface area (Å²) in [5, 5.41) is 5.40. The Kier molecular flexibility index (Phi) is 4.09. The molecular weight excluding hydrogens is 392 g/mol. The molecule has 0 radical (unpaired) electrons. The van der Waals surface area contributed by atoms with Crippen LogP contribution in [-0.4, -0.2) is 28.3 Å². The second-order valence-corrected chi connectivity index (χ2v) is 6.52. The third-order valence-electron chi connectivity index (χ3n) is 4.55. The van der Waals surface area contributed by atoms with E-state index in [1.165, 1.54) is 6.33 Å². The summed E-state index contributed by atoms with van der Waals surface area (Å²) in [4.78, 5) is 41.2. The van der Waals surface area contributed by atoms with Gasteiger partial charge in [-0.2, -0.15) is 0 Å². The van der Waals surface area contributed by atoms with E-state index in [2.05, 4.69) is 15.6 Å². The van der Waals surface area contributed by atoms with Gasteiger partial charge in [-0.25, -0.2) is 9.78 Å². The quantitative estimate of drug-likeness (QED) is 0.534. The van der Waals surface area contributed by atoms with Crippen LogP contribution in [0.4, 0.5) is 10.5 Å². The normalized spacial score (nSPS) is 12.3. The van der Waals surface area contributed by atoms with Crippen LogP contribution in [0.2, 0.25) is 0 Å². The first kappa shape index (κ1) is 17.7. The summed E-state index contributed by atoms with van der Waals surface area (Å²) in [6.07, 6.45) is 1.25. The summed E-state index contributed by atoms with van der Waals surface area (Å²) in [6, 6.07) is 11.2. The molecule has 3 heterocycles. The number of anilines is 1. The van der Waals surface area contributed by atoms with Crippen LogP contribution in [0.25, 0.3) is 22.1 Å². The number of hydrogen-bond acceptors (Lipinski definition) is 7. The van der Waals surface area contributed by atoms with Crippen LogP contribution in [-0.2, 0) is 11.3 Å². The zero-order chi connectivity index (χ0) is 20.7. The van der Waals surface area contributed by atoms with Gasteiger partial charge < -0.3 is 19.2 Å². The molecule has 10 nitrogen and oxygen atoms in total. The number of carbonyl (C=O) groups excluding carboxylic acids is 2. The van der Waals surface area contributed by atoms with Gasteiger partial charge in [0.15, 0.2) is 11.5 Å². The van der Waals surface area contributed by atoms with Gasteiger partial charge in [-0.3, -0.25) is 19.5 Å². The molecular formula is C20H14N4O6. The van der Waals surface area contributed by atoms with Crippen molar-refractivity contribution in [3.8, 4) is 11.5 Å². The number of benzene rings is 2. The zero-order valence-corrected chi connectivity index (χ0v) is 15.4. The number of ether oxygens (including phenoxy) is 2. The molecule has 5 rings (SSSR count). The summed E-state index contributed by atoms with van der Waals surface area (Å²) in [5.74, 6) is 0.383. The van der Waals surface area contributed by atoms with Crippen LogP contribution >= 0.6 is 0 Å². The third kappa shape index (κ3) is 3.09. The summed E-state index contributed by atoms with van der Waals surface area (Å²) in [6.45, 7) is -0.283. The molecule has 10 heteroatoms. The van der Waals surface area contributed by atoms with Crippen LogP contribution < -0.4 is 25.7 Å². The number of nitrogens with zero attached hydrogens (tertiary/aromatic N) is 2. The van der Waals surface area contributed by atoms with E-state index in [-0.39, 0.29) is 12.4 Å². The van der Waals surface area contributed by atoms with Crippen molar-refractivity contribution in [2.45, 2.75) is 6.54 Å². The largest absolute Gasteiger partial charge is 0.454 e. The standard InChI is InChI=1S/C20H14N4O6/c25-16(23-20(27)22-11-5-6-14-15(7-11)29-10-28-14)8-24-9-21-17-12-3-1-2-4-13(12)30-18(17)19(24)26/h1-7,9H,8,10H2,(H2,22,23,25,27). The fourth-order valence-electron chi connectivity index (χ4n) is 3.19. The van der Waals surface area contributed by atoms with Crippen LogP contribution in [0.5, 0.6) is 11.5 Å². The van der Waals surface area contributed by atoms with Crippen LogP contribution in [0, 0.1) is 0 Å². The molecule has 150 valence electrons. The lowest BCUT2D eigenvalue weighted by atomic mass is 10.2. The van der Waals surface area contributed by atoms with Gasteiger partial charge in [-0.05, 0) is 24.3 Å². The Labute approximate surface area is 168 Å². The number of urea groups is 1. The number of hydrogen-bond donors (Lipinski definition) is 2. The molecule has 0 spiro atoms. The average Bonchev–Trinajstić information content (AvgIpc) is 3.34. The molecule has 0 bridgehead atoms. The molecule has 1 aliphatic heterocycles. The van der Waals surface area contributed by atoms with Crippen molar-refractivity contribution in [1.29, 1.82) is 0 Å². The topological polar surface area (TPSA) is 125 Å². The van der Waals surface area contributed by atoms with Gasteiger partial charge in [0.05, 0.1) is 6.33 Å². The Balaban J connectivity index is 1.29. The van der Waals surface area contributed by atoms with Gasteiger partial charge in [0.1, 0.15) is 17.6 Å². The first-order valence-corrected chi connectivity index (χ1v) is 8.95. The van der Waals surface area contributed by atoms with E-state index in [1.807, 2.05) is 6.07 Å². The van der Waals surface area contributed by atoms with Crippen molar-refractivity contribution in [3.63, 3.8) is 0 Å². The van der Waals surface area contributed by atoms with E-state index in [4.69, 9.17) is 13.9 Å². The summed E-state index contributed by atoms with van der Waals surface area (Å²) >= 11 is 0. The molecule has 0 saturated heterocycles. The summed E-state index contributed by atoms with van der Waals surface area (Å²) in [5.41, 5.74) is 0.918. The minimum atomic E-state index is -0.746. The van der Waals surface area contributed by atoms with Crippen molar-refractivity contribution >= 4 is 39.7 Å². The maximum Gasteiger partial charge on any atom is 0.325 e. The maximum absolute atomic E-state index is 12.6. The highest BCUT2D eigenvalue weighted by Crippen LogP contribution is 2.34. The number of furan rings is 1. The summed E-state index contributed by atoms with van der Waals surface area (Å²) < 4.78 is 17.1. The van der Waals surface area contributed by atoms with E-state index in [0.29, 0.717) is 33.7 Å². The number of rotatable bonds is 3. The van der Waals surface area contributed by atoms with Crippen LogP contribution in [0.1, 0.15) is 0 Å². The lowest BCUT2D eigenvalue weighted by molar-refractivity contribution is -0.120. The number of imide groups is 1. The van der Waals surface area contributed by atoms with E-state index >= 15 is 0 Å². The monoisotopic (exact) mass is 406 g/mol. The number of aromatic nitrogens is 2. The first-order chi connectivity index (χ1) is 14.6. The minimum absolute atomic E-state index is 0.0521. The number of amides is 3. The molecule has 2 N–H and O–H groups in total. The lowest BCUT2D eigenvalue weighted by Crippen LogP contribution is -2.38. The Morgan fingerprint density at radius 2 is 1.93 bits per heavy atom. The molecule has 0 unspecified atom stereocenters. The highest BCUT2D eigenvalue weighted by molar-refractivity contribution is 6.02. The lowest BCUT2D eigenvalue weighted by Gasteiger charge is -2.08. The molecule has 0 saturated carbocycles. The maximum atomic E-state index is 12.6. The number of para-hydroxylation sites is 1. The Hall–Kier alpha value is -4.34. The van der Waals surface area contributed by atoms with Crippen molar-refractivity contribution in [3.05, 3.63) is 59.1 Å². The molecule has 0 aliphatic carbocycles. The van der Waals surface area contributed by atoms with Crippen molar-refractivity contribution in [2.75, 3.05) is 12.1 Å². The molecule has 2 aromatic carbocycles. The van der Waals surface area contributed by atoms with Crippen molar-refractivity contribution in [1.82, 2.24) is 14.9 Å². The summed E-state index contributed by atoms with van der Waals surface area (Å²) in [7, 11) is 0. The fraction of sp³-hybridized carbons (Fsp3) is 0.100. The molecule has 30 heavy (non-hydrogen) atoms. The predicted molar refractivity (Wildman–Crippen MR) is 106 cm³/mol. The second kappa shape index (κ2) is 6.92. The second-order valence-electron chi connectivity index (χ2n) is 6.52. The Morgan fingerprint density at radius 3 is 2.83 bits per heavy atom. The number of nitrogens with one attached hydrogen (secondary N) is 2. The van der Waals surface area contributed by atoms with Crippen molar-refractivity contribution in [2.24, 2.45) is 0 Å². The van der Waals surface area contributed by atoms with Gasteiger partial charge in [-0.1, -0.05) is 12.1 Å². The molecule has 2 aromatic heterocycles. The van der Waals surface area contributed by atoms with Gasteiger partial charge in [0.2, 0.25) is 18.3 Å². The molecule has 0 atom stereocenters. The minimum Gasteiger partial charge on any atom is -0.454 e. The zero-order valence-electron chi connectivity index (χ0n) is 15.4. The predicted octanol–water partition coefficient (Wildman–Crippen LogP) is 2.22. The SMILES string of the molecule is O=C(Cn1cnc2c(oc3ccccc32)c1=O)NC(=O)Nc1ccc2c(c1)OCO2. The van der Waals surface area contributed by atoms with E-state index in [0.717, 1.165) is 4.57 Å². The van der Waals surface area contributed by atoms with Gasteiger partial charge in [0, 0.05) is 17.1 Å². The average molecular weight is 406 g/mol. The Morgan fingerprint density at radius 1 is 1.10 bits per heavy atom. The highest BCUT2D eigenvalue weighted by Gasteiger charge is 2.17. The van der Waals surface area contributed by atoms with Crippen LogP contribution in [0.3, 0.4) is 0 Å². The number of fused-ring (bicyclic) bond motifs is 4.